The van der Waals surface area contributed by atoms with Gasteiger partial charge in [0.2, 0.25) is 0 Å². The van der Waals surface area contributed by atoms with Gasteiger partial charge in [-0.3, -0.25) is 4.79 Å². The van der Waals surface area contributed by atoms with Crippen LogP contribution in [0.4, 0.5) is 0 Å². The molecule has 0 aliphatic carbocycles. The molecule has 7 nitrogen and oxygen atoms in total. The molecule has 0 radical (unpaired) electrons. The topological polar surface area (TPSA) is 81.9 Å². The Morgan fingerprint density at radius 2 is 1.97 bits per heavy atom. The van der Waals surface area contributed by atoms with Crippen LogP contribution in [0.25, 0.3) is 16.4 Å². The fourth-order valence-corrected chi connectivity index (χ4v) is 4.30. The molecule has 0 spiro atoms. The molecule has 0 aliphatic rings. The molecule has 0 fully saturated rings. The quantitative estimate of drug-likeness (QED) is 0.461. The van der Waals surface area contributed by atoms with Crippen LogP contribution in [0.15, 0.2) is 48.5 Å². The maximum absolute atomic E-state index is 12.7. The summed E-state index contributed by atoms with van der Waals surface area (Å²) in [6.07, 6.45) is 0. The first-order valence-corrected chi connectivity index (χ1v) is 10.7. The van der Waals surface area contributed by atoms with Crippen molar-refractivity contribution in [2.24, 2.45) is 0 Å². The van der Waals surface area contributed by atoms with E-state index in [1.807, 2.05) is 56.3 Å². The van der Waals surface area contributed by atoms with Crippen LogP contribution in [-0.2, 0) is 6.54 Å². The number of ether oxygens (including phenoxy) is 1. The molecular formula is C22H20ClN5O2S. The third kappa shape index (κ3) is 4.45. The van der Waals surface area contributed by atoms with Crippen molar-refractivity contribution in [3.63, 3.8) is 0 Å². The molecule has 1 N–H and O–H groups in total. The van der Waals surface area contributed by atoms with Crippen molar-refractivity contribution < 1.29 is 9.53 Å². The van der Waals surface area contributed by atoms with Crippen molar-refractivity contribution in [2.75, 3.05) is 7.11 Å². The number of aromatic nitrogens is 4. The fourth-order valence-electron chi connectivity index (χ4n) is 3.09. The van der Waals surface area contributed by atoms with E-state index in [4.69, 9.17) is 16.3 Å². The first-order valence-electron chi connectivity index (χ1n) is 9.53. The number of carbonyl (C=O) groups is 1. The molecule has 0 saturated heterocycles. The second kappa shape index (κ2) is 8.87. The lowest BCUT2D eigenvalue weighted by molar-refractivity contribution is 0.0954. The predicted molar refractivity (Wildman–Crippen MR) is 121 cm³/mol. The fraction of sp³-hybridized carbons (Fsp3) is 0.182. The number of amides is 1. The molecule has 2 heterocycles. The summed E-state index contributed by atoms with van der Waals surface area (Å²) in [5, 5.41) is 12.7. The van der Waals surface area contributed by atoms with Gasteiger partial charge in [-0.15, -0.1) is 16.4 Å². The summed E-state index contributed by atoms with van der Waals surface area (Å²) < 4.78 is 6.87. The van der Waals surface area contributed by atoms with Crippen LogP contribution < -0.4 is 10.1 Å². The molecule has 0 bridgehead atoms. The van der Waals surface area contributed by atoms with Gasteiger partial charge in [-0.1, -0.05) is 35.0 Å². The molecule has 31 heavy (non-hydrogen) atoms. The maximum atomic E-state index is 12.7. The Bertz CT molecular complexity index is 1230. The number of aryl methyl sites for hydroxylation is 1. The van der Waals surface area contributed by atoms with Crippen LogP contribution in [0.1, 0.15) is 26.6 Å². The summed E-state index contributed by atoms with van der Waals surface area (Å²) >= 11 is 7.40. The summed E-state index contributed by atoms with van der Waals surface area (Å²) in [7, 11) is 1.62. The number of thiazole rings is 1. The highest BCUT2D eigenvalue weighted by Gasteiger charge is 2.20. The second-order valence-electron chi connectivity index (χ2n) is 6.88. The van der Waals surface area contributed by atoms with Crippen LogP contribution in [0.2, 0.25) is 5.02 Å². The SMILES string of the molecule is COc1ccc(CNC(=O)c2sc(-c3nnn(-c4cccc(Cl)c4)c3C)nc2C)cc1. The monoisotopic (exact) mass is 453 g/mol. The van der Waals surface area contributed by atoms with Crippen LogP contribution >= 0.6 is 22.9 Å². The molecule has 2 aromatic heterocycles. The summed E-state index contributed by atoms with van der Waals surface area (Å²) in [6, 6.07) is 15.0. The van der Waals surface area contributed by atoms with Crippen molar-refractivity contribution in [1.29, 1.82) is 0 Å². The lowest BCUT2D eigenvalue weighted by atomic mass is 10.2. The Morgan fingerprint density at radius 3 is 2.68 bits per heavy atom. The number of nitrogens with one attached hydrogen (secondary N) is 1. The Hall–Kier alpha value is -3.23. The zero-order valence-corrected chi connectivity index (χ0v) is 18.8. The molecule has 9 heteroatoms. The van der Waals surface area contributed by atoms with E-state index in [0.29, 0.717) is 32.8 Å². The lowest BCUT2D eigenvalue weighted by Crippen LogP contribution is -2.22. The lowest BCUT2D eigenvalue weighted by Gasteiger charge is -2.05. The molecular weight excluding hydrogens is 434 g/mol. The minimum Gasteiger partial charge on any atom is -0.497 e. The molecule has 0 atom stereocenters. The van der Waals surface area contributed by atoms with Gasteiger partial charge in [-0.2, -0.15) is 0 Å². The van der Waals surface area contributed by atoms with E-state index in [1.54, 1.807) is 17.9 Å². The number of methoxy groups -OCH3 is 1. The van der Waals surface area contributed by atoms with E-state index in [9.17, 15) is 4.79 Å². The van der Waals surface area contributed by atoms with Gasteiger partial charge in [-0.25, -0.2) is 9.67 Å². The predicted octanol–water partition coefficient (Wildman–Crippen LogP) is 4.60. The molecule has 0 saturated carbocycles. The van der Waals surface area contributed by atoms with Gasteiger partial charge in [0.25, 0.3) is 5.91 Å². The van der Waals surface area contributed by atoms with Gasteiger partial charge in [0.15, 0.2) is 0 Å². The van der Waals surface area contributed by atoms with Gasteiger partial charge in [0.1, 0.15) is 21.3 Å². The average Bonchev–Trinajstić information content (AvgIpc) is 3.34. The van der Waals surface area contributed by atoms with Crippen molar-refractivity contribution >= 4 is 28.8 Å². The van der Waals surface area contributed by atoms with Crippen molar-refractivity contribution in [3.8, 4) is 22.1 Å². The molecule has 0 aliphatic heterocycles. The minimum atomic E-state index is -0.169. The number of rotatable bonds is 6. The molecule has 4 rings (SSSR count). The Morgan fingerprint density at radius 1 is 1.19 bits per heavy atom. The zero-order chi connectivity index (χ0) is 22.0. The van der Waals surface area contributed by atoms with E-state index >= 15 is 0 Å². The normalized spacial score (nSPS) is 10.8. The summed E-state index contributed by atoms with van der Waals surface area (Å²) in [5.41, 5.74) is 3.92. The number of halogens is 1. The maximum Gasteiger partial charge on any atom is 0.263 e. The Kier molecular flexibility index (Phi) is 6.01. The average molecular weight is 454 g/mol. The number of hydrogen-bond acceptors (Lipinski definition) is 6. The highest BCUT2D eigenvalue weighted by Crippen LogP contribution is 2.30. The number of nitrogens with zero attached hydrogens (tertiary/aromatic N) is 4. The number of hydrogen-bond donors (Lipinski definition) is 1. The summed E-state index contributed by atoms with van der Waals surface area (Å²) in [6.45, 7) is 4.15. The van der Waals surface area contributed by atoms with Crippen LogP contribution in [0, 0.1) is 13.8 Å². The van der Waals surface area contributed by atoms with E-state index in [-0.39, 0.29) is 5.91 Å². The number of carbonyl (C=O) groups excluding carboxylic acids is 1. The van der Waals surface area contributed by atoms with Crippen LogP contribution in [0.3, 0.4) is 0 Å². The van der Waals surface area contributed by atoms with Gasteiger partial charge in [0.05, 0.1) is 24.2 Å². The highest BCUT2D eigenvalue weighted by molar-refractivity contribution is 7.17. The van der Waals surface area contributed by atoms with Gasteiger partial charge < -0.3 is 10.1 Å². The third-order valence-electron chi connectivity index (χ3n) is 4.76. The summed E-state index contributed by atoms with van der Waals surface area (Å²) in [5.74, 6) is 0.608. The highest BCUT2D eigenvalue weighted by atomic mass is 35.5. The van der Waals surface area contributed by atoms with Gasteiger partial charge >= 0.3 is 0 Å². The van der Waals surface area contributed by atoms with Gasteiger partial charge in [-0.05, 0) is 49.7 Å². The van der Waals surface area contributed by atoms with Crippen molar-refractivity contribution in [1.82, 2.24) is 25.3 Å². The molecule has 158 valence electrons. The minimum absolute atomic E-state index is 0.169. The zero-order valence-electron chi connectivity index (χ0n) is 17.2. The second-order valence-corrected chi connectivity index (χ2v) is 8.31. The molecule has 2 aromatic carbocycles. The smallest absolute Gasteiger partial charge is 0.263 e. The first-order chi connectivity index (χ1) is 15.0. The van der Waals surface area contributed by atoms with Crippen LogP contribution in [-0.4, -0.2) is 33.0 Å². The molecule has 0 unspecified atom stereocenters. The van der Waals surface area contributed by atoms with Crippen molar-refractivity contribution in [3.05, 3.63) is 75.4 Å². The largest absolute Gasteiger partial charge is 0.497 e. The Balaban J connectivity index is 1.53. The molecule has 1 amide bonds. The summed E-state index contributed by atoms with van der Waals surface area (Å²) in [4.78, 5) is 17.9. The molecule has 4 aromatic rings. The van der Waals surface area contributed by atoms with E-state index < -0.39 is 0 Å². The van der Waals surface area contributed by atoms with E-state index in [0.717, 1.165) is 22.7 Å². The van der Waals surface area contributed by atoms with Gasteiger partial charge in [0, 0.05) is 11.6 Å². The van der Waals surface area contributed by atoms with E-state index in [1.165, 1.54) is 11.3 Å². The van der Waals surface area contributed by atoms with Crippen LogP contribution in [0.5, 0.6) is 5.75 Å². The third-order valence-corrected chi connectivity index (χ3v) is 6.16. The van der Waals surface area contributed by atoms with E-state index in [2.05, 4.69) is 20.6 Å². The standard InChI is InChI=1S/C22H20ClN5O2S/c1-13-20(21(29)24-12-15-7-9-18(30-3)10-8-15)31-22(25-13)19-14(2)28(27-26-19)17-6-4-5-16(23)11-17/h4-11H,12H2,1-3H3,(H,24,29). The first kappa shape index (κ1) is 21.0. The van der Waals surface area contributed by atoms with Crippen molar-refractivity contribution in [2.45, 2.75) is 20.4 Å². The Labute approximate surface area is 188 Å². The number of benzene rings is 2.